The van der Waals surface area contributed by atoms with Crippen molar-refractivity contribution in [2.45, 2.75) is 110 Å². The van der Waals surface area contributed by atoms with Gasteiger partial charge in [0.05, 0.1) is 24.0 Å². The van der Waals surface area contributed by atoms with Gasteiger partial charge in [-0.15, -0.1) is 0 Å². The van der Waals surface area contributed by atoms with Crippen molar-refractivity contribution in [3.8, 4) is 28.7 Å². The van der Waals surface area contributed by atoms with Gasteiger partial charge >= 0.3 is 35.5 Å². The molecule has 2 amide bonds. The van der Waals surface area contributed by atoms with Crippen LogP contribution in [-0.4, -0.2) is 91.5 Å². The molecule has 0 saturated carbocycles. The number of nitro benzene ring substituents is 4. The molecule has 0 atom stereocenters. The number of nitrogens with zero attached hydrogens (tertiary/aromatic N) is 4. The number of rotatable bonds is 17. The van der Waals surface area contributed by atoms with E-state index >= 15 is 0 Å². The molecule has 0 bridgehead atoms. The van der Waals surface area contributed by atoms with Crippen LogP contribution < -0.4 is 65.7 Å². The van der Waals surface area contributed by atoms with Gasteiger partial charge in [0.1, 0.15) is 34.5 Å². The molecule has 0 heterocycles. The van der Waals surface area contributed by atoms with E-state index < -0.39 is 59.9 Å². The fraction of sp³-hybridized carbons (Fsp3) is 0.327. The third-order valence-electron chi connectivity index (χ3n) is 9.96. The summed E-state index contributed by atoms with van der Waals surface area (Å²) < 4.78 is 21.0. The monoisotopic (exact) mass is 1210 g/mol. The first-order chi connectivity index (χ1) is 36.0. The number of Topliss-reactive ketones (excluding diaryl/α,β-unsaturated/α-hetero) is 2. The summed E-state index contributed by atoms with van der Waals surface area (Å²) in [4.78, 5) is 93.5. The zero-order valence-electron chi connectivity index (χ0n) is 46.7. The summed E-state index contributed by atoms with van der Waals surface area (Å²) in [5.74, 6) is -0.490. The molecular formula is C52H65BrN7NaO20. The number of amides is 2. The fourth-order valence-electron chi connectivity index (χ4n) is 4.41. The van der Waals surface area contributed by atoms with Crippen LogP contribution in [0.5, 0.6) is 28.7 Å². The number of ketones is 2. The molecule has 27 nitrogen and oxygen atoms in total. The second-order valence-corrected chi connectivity index (χ2v) is 20.6. The number of primary amides is 2. The summed E-state index contributed by atoms with van der Waals surface area (Å²) in [7, 11) is 0. The van der Waals surface area contributed by atoms with E-state index in [9.17, 15) is 64.4 Å². The molecule has 0 saturated heterocycles. The van der Waals surface area contributed by atoms with Crippen LogP contribution in [0.2, 0.25) is 0 Å². The summed E-state index contributed by atoms with van der Waals surface area (Å²) in [6.07, 6.45) is 0. The zero-order chi connectivity index (χ0) is 61.4. The number of aliphatic carboxylic acids is 1. The van der Waals surface area contributed by atoms with Crippen LogP contribution >= 0.6 is 15.9 Å². The number of hydrogen-bond donors (Lipinski definition) is 5. The van der Waals surface area contributed by atoms with Crippen molar-refractivity contribution in [3.63, 3.8) is 0 Å². The maximum absolute atomic E-state index is 11.2. The molecule has 9 N–H and O–H groups in total. The molecule has 0 aliphatic carbocycles. The minimum Gasteiger partial charge on any atom is -0.870 e. The summed E-state index contributed by atoms with van der Waals surface area (Å²) >= 11 is 3.19. The topological polar surface area (TPSA) is 443 Å². The molecule has 0 aliphatic rings. The number of phenolic OH excluding ortho intramolecular Hbond substituents is 1. The number of carbonyl (C=O) groups excluding carboxylic acids is 4. The Morgan fingerprint density at radius 2 is 0.654 bits per heavy atom. The van der Waals surface area contributed by atoms with Crippen molar-refractivity contribution in [2.24, 2.45) is 11.5 Å². The molecule has 0 aromatic heterocycles. The summed E-state index contributed by atoms with van der Waals surface area (Å²) in [6, 6.07) is 28.1. The number of carboxylic acids is 1. The number of anilines is 1. The first kappa shape index (κ1) is 76.9. The minimum atomic E-state index is -1.36. The Labute approximate surface area is 496 Å². The van der Waals surface area contributed by atoms with Crippen LogP contribution in [0.15, 0.2) is 121 Å². The van der Waals surface area contributed by atoms with Crippen LogP contribution in [0.3, 0.4) is 0 Å². The normalized spacial score (nSPS) is 10.5. The van der Waals surface area contributed by atoms with Gasteiger partial charge in [0.15, 0.2) is 28.2 Å². The first-order valence-electron chi connectivity index (χ1n) is 22.9. The molecule has 29 heteroatoms. The minimum absolute atomic E-state index is 0. The van der Waals surface area contributed by atoms with Gasteiger partial charge in [-0.05, 0) is 156 Å². The van der Waals surface area contributed by atoms with E-state index in [1.54, 1.807) is 58.9 Å². The summed E-state index contributed by atoms with van der Waals surface area (Å²) in [5.41, 5.74) is 11.9. The number of alkyl halides is 1. The van der Waals surface area contributed by atoms with Crippen molar-refractivity contribution in [1.82, 2.24) is 0 Å². The van der Waals surface area contributed by atoms with Crippen LogP contribution in [0.4, 0.5) is 28.4 Å². The van der Waals surface area contributed by atoms with E-state index in [2.05, 4.69) is 15.9 Å². The fourth-order valence-corrected chi connectivity index (χ4v) is 4.41. The Morgan fingerprint density at radius 3 is 0.852 bits per heavy atom. The third kappa shape index (κ3) is 30.0. The molecular weight excluding hydrogens is 1150 g/mol. The van der Waals surface area contributed by atoms with E-state index in [1.165, 1.54) is 132 Å². The standard InChI is InChI=1S/C11H13NO4.C10H12N2O4.C10H14N2O2.C10H11NO5.C6H5NO3.C5H9BrO.Na.H2O/c1-8(13)11(2,3)16-10-6-4-9(5-7-10)12(14)15;1-10(2,9(11)13)16-8-5-3-7(4-6-8)12(14)15;1-10(2,9(12)13)14-8-5-3-7(11)4-6-8;1-10(2,9(12)13)16-8-5-3-7(4-6-8)11(14)15;8-6-3-1-5(2-4-6)7(9)10;1-4(7)5(2,3)6;;/h4-7H,1-3H3;3-6H,1-2H3,(H2,11,13);3-6H,11H2,1-2H3,(H2,12,13);3-6H,1-2H3,(H,12,13);1-4,8H;1-3H3;;1H2/q;;;;;;+1;/p-1. The van der Waals surface area contributed by atoms with Gasteiger partial charge in [-0.2, -0.15) is 0 Å². The van der Waals surface area contributed by atoms with Gasteiger partial charge in [-0.1, -0.05) is 15.9 Å². The molecule has 0 aliphatic heterocycles. The van der Waals surface area contributed by atoms with Gasteiger partial charge < -0.3 is 51.8 Å². The number of ether oxygens (including phenoxy) is 4. The maximum Gasteiger partial charge on any atom is 1.00 e. The first-order valence-corrected chi connectivity index (χ1v) is 23.7. The van der Waals surface area contributed by atoms with E-state index in [-0.39, 0.29) is 85.2 Å². The number of nitro groups is 4. The number of carbonyl (C=O) groups is 5. The number of halogens is 1. The van der Waals surface area contributed by atoms with E-state index in [0.717, 1.165) is 0 Å². The quantitative estimate of drug-likeness (QED) is 0.0227. The number of benzene rings is 5. The second-order valence-electron chi connectivity index (χ2n) is 18.7. The molecule has 5 rings (SSSR count). The number of hydrogen-bond acceptors (Lipinski definition) is 20. The van der Waals surface area contributed by atoms with Crippen LogP contribution in [0.25, 0.3) is 0 Å². The molecule has 0 radical (unpaired) electrons. The van der Waals surface area contributed by atoms with Crippen molar-refractivity contribution in [1.29, 1.82) is 0 Å². The van der Waals surface area contributed by atoms with Gasteiger partial charge in [-0.3, -0.25) is 59.6 Å². The van der Waals surface area contributed by atoms with E-state index in [1.807, 2.05) is 13.8 Å². The SMILES string of the molecule is CC(=O)C(C)(C)Br.CC(=O)C(C)(C)Oc1ccc([N+](=O)[O-])cc1.CC(C)(Oc1ccc(N)cc1)C(N)=O.CC(C)(Oc1ccc([N+](=O)[O-])cc1)C(=O)O.CC(C)(Oc1ccc([N+](=O)[O-])cc1)C(N)=O.O=[N+]([O-])c1ccc(O)cc1.[Na+].[OH-]. The van der Waals surface area contributed by atoms with E-state index in [4.69, 9.17) is 46.4 Å². The molecule has 0 fully saturated rings. The van der Waals surface area contributed by atoms with Crippen LogP contribution in [0.1, 0.15) is 83.1 Å². The molecule has 5 aromatic carbocycles. The van der Waals surface area contributed by atoms with Crippen LogP contribution in [0, 0.1) is 40.5 Å². The molecule has 436 valence electrons. The maximum atomic E-state index is 11.2. The van der Waals surface area contributed by atoms with Gasteiger partial charge in [0.25, 0.3) is 34.6 Å². The Balaban J connectivity index is -0.000000912. The van der Waals surface area contributed by atoms with Crippen molar-refractivity contribution < 1.29 is 108 Å². The number of non-ortho nitro benzene ring substituents is 4. The smallest absolute Gasteiger partial charge is 0.870 e. The molecule has 0 unspecified atom stereocenters. The Hall–Kier alpha value is -8.31. The zero-order valence-corrected chi connectivity index (χ0v) is 50.3. The number of phenols is 1. The Morgan fingerprint density at radius 1 is 0.444 bits per heavy atom. The van der Waals surface area contributed by atoms with Crippen molar-refractivity contribution in [3.05, 3.63) is 162 Å². The average Bonchev–Trinajstić information content (AvgIpc) is 3.33. The number of aromatic hydroxyl groups is 1. The largest absolute Gasteiger partial charge is 1.00 e. The third-order valence-corrected chi connectivity index (χ3v) is 10.5. The van der Waals surface area contributed by atoms with Gasteiger partial charge in [-0.25, -0.2) is 4.79 Å². The Bertz CT molecular complexity index is 2690. The molecule has 0 spiro atoms. The van der Waals surface area contributed by atoms with Gasteiger partial charge in [0.2, 0.25) is 0 Å². The average molecular weight is 1210 g/mol. The van der Waals surface area contributed by atoms with E-state index in [0.29, 0.717) is 22.9 Å². The predicted octanol–water partition coefficient (Wildman–Crippen LogP) is 6.20. The molecule has 81 heavy (non-hydrogen) atoms. The number of nitrogen functional groups attached to an aromatic ring is 1. The van der Waals surface area contributed by atoms with Crippen LogP contribution in [-0.2, 0) is 24.0 Å². The van der Waals surface area contributed by atoms with Crippen molar-refractivity contribution in [2.75, 3.05) is 5.73 Å². The van der Waals surface area contributed by atoms with Gasteiger partial charge in [0, 0.05) is 54.2 Å². The summed E-state index contributed by atoms with van der Waals surface area (Å²) in [5, 5.41) is 58.8. The Kier molecular flexibility index (Phi) is 32.3. The number of nitrogens with two attached hydrogens (primary N) is 3. The predicted molar refractivity (Wildman–Crippen MR) is 296 cm³/mol. The van der Waals surface area contributed by atoms with Crippen molar-refractivity contribution >= 4 is 73.7 Å². The summed E-state index contributed by atoms with van der Waals surface area (Å²) in [6.45, 7) is 19.0. The number of carboxylic acid groups (broad SMARTS) is 1. The molecule has 5 aromatic rings. The second kappa shape index (κ2) is 34.0.